The van der Waals surface area contributed by atoms with Crippen LogP contribution in [0.25, 0.3) is 0 Å². The van der Waals surface area contributed by atoms with Gasteiger partial charge in [0, 0.05) is 6.04 Å². The van der Waals surface area contributed by atoms with E-state index in [0.29, 0.717) is 17.4 Å². The predicted octanol–water partition coefficient (Wildman–Crippen LogP) is 2.40. The number of hydrogen-bond donors (Lipinski definition) is 1. The van der Waals surface area contributed by atoms with Crippen molar-refractivity contribution in [1.82, 2.24) is 9.97 Å². The zero-order valence-electron chi connectivity index (χ0n) is 9.84. The Kier molecular flexibility index (Phi) is 2.19. The number of rotatable bonds is 3. The molecule has 0 radical (unpaired) electrons. The summed E-state index contributed by atoms with van der Waals surface area (Å²) < 4.78 is 0. The fourth-order valence-corrected chi connectivity index (χ4v) is 4.45. The second kappa shape index (κ2) is 3.67. The number of hydrogen-bond acceptors (Lipinski definition) is 4. The highest BCUT2D eigenvalue weighted by atomic mass is 35.5. The van der Waals surface area contributed by atoms with Crippen LogP contribution in [0.3, 0.4) is 0 Å². The highest BCUT2D eigenvalue weighted by Gasteiger charge is 2.65. The van der Waals surface area contributed by atoms with Gasteiger partial charge in [0.05, 0.1) is 5.56 Å². The van der Waals surface area contributed by atoms with Crippen molar-refractivity contribution in [1.29, 1.82) is 0 Å². The van der Waals surface area contributed by atoms with Crippen LogP contribution in [0.15, 0.2) is 6.33 Å². The average molecular weight is 264 g/mol. The Morgan fingerprint density at radius 2 is 2.00 bits per heavy atom. The Balaban J connectivity index is 1.57. The molecule has 4 unspecified atom stereocenters. The monoisotopic (exact) mass is 263 g/mol. The van der Waals surface area contributed by atoms with Gasteiger partial charge in [0.2, 0.25) is 0 Å². The molecule has 1 aromatic rings. The lowest BCUT2D eigenvalue weighted by atomic mass is 10.0. The van der Waals surface area contributed by atoms with E-state index >= 15 is 0 Å². The van der Waals surface area contributed by atoms with Crippen LogP contribution in [0.2, 0.25) is 5.15 Å². The van der Waals surface area contributed by atoms with E-state index in [4.69, 9.17) is 11.6 Å². The molecule has 3 fully saturated rings. The normalized spacial score (nSPS) is 39.5. The minimum atomic E-state index is 0.233. The summed E-state index contributed by atoms with van der Waals surface area (Å²) in [6, 6.07) is 0.501. The van der Waals surface area contributed by atoms with Gasteiger partial charge in [-0.25, -0.2) is 9.97 Å². The second-order valence-corrected chi connectivity index (χ2v) is 6.06. The smallest absolute Gasteiger partial charge is 0.156 e. The summed E-state index contributed by atoms with van der Waals surface area (Å²) in [5.41, 5.74) is 0.386. The lowest BCUT2D eigenvalue weighted by Gasteiger charge is -2.12. The molecule has 3 aliphatic carbocycles. The molecular weight excluding hydrogens is 250 g/mol. The second-order valence-electron chi connectivity index (χ2n) is 5.70. The van der Waals surface area contributed by atoms with Crippen molar-refractivity contribution in [2.45, 2.75) is 25.3 Å². The van der Waals surface area contributed by atoms with Gasteiger partial charge in [0.15, 0.2) is 6.29 Å². The topological polar surface area (TPSA) is 54.9 Å². The van der Waals surface area contributed by atoms with E-state index in [0.717, 1.165) is 30.0 Å². The van der Waals surface area contributed by atoms with Gasteiger partial charge >= 0.3 is 0 Å². The van der Waals surface area contributed by atoms with Crippen molar-refractivity contribution in [2.75, 3.05) is 5.32 Å². The van der Waals surface area contributed by atoms with Crippen molar-refractivity contribution in [3.8, 4) is 0 Å². The van der Waals surface area contributed by atoms with Crippen LogP contribution in [-0.4, -0.2) is 22.3 Å². The van der Waals surface area contributed by atoms with Crippen molar-refractivity contribution < 1.29 is 4.79 Å². The standard InChI is InChI=1S/C13H14ClN3O/c14-12-8(4-18)13(16-5-15-12)17-11-9-6-1-2-7(3-6)10(9)11/h4-7,9-11H,1-3H2,(H,15,16,17). The van der Waals surface area contributed by atoms with Gasteiger partial charge < -0.3 is 5.32 Å². The van der Waals surface area contributed by atoms with Crippen LogP contribution in [0, 0.1) is 23.7 Å². The first kappa shape index (κ1) is 10.7. The highest BCUT2D eigenvalue weighted by molar-refractivity contribution is 6.32. The summed E-state index contributed by atoms with van der Waals surface area (Å²) in [7, 11) is 0. The molecule has 1 heterocycles. The first-order valence-corrected chi connectivity index (χ1v) is 6.89. The number of aldehydes is 1. The summed E-state index contributed by atoms with van der Waals surface area (Å²) in [5.74, 6) is 4.00. The molecule has 0 aliphatic heterocycles. The molecule has 3 aliphatic rings. The van der Waals surface area contributed by atoms with Gasteiger partial charge in [-0.1, -0.05) is 11.6 Å². The molecule has 2 bridgehead atoms. The highest BCUT2D eigenvalue weighted by Crippen LogP contribution is 2.66. The fourth-order valence-electron chi connectivity index (χ4n) is 4.27. The summed E-state index contributed by atoms with van der Waals surface area (Å²) in [6.45, 7) is 0. The molecule has 0 saturated heterocycles. The number of halogens is 1. The van der Waals surface area contributed by atoms with Crippen LogP contribution in [-0.2, 0) is 0 Å². The van der Waals surface area contributed by atoms with Gasteiger partial charge in [-0.05, 0) is 42.9 Å². The van der Waals surface area contributed by atoms with Crippen LogP contribution in [0.5, 0.6) is 0 Å². The predicted molar refractivity (Wildman–Crippen MR) is 67.7 cm³/mol. The number of fused-ring (bicyclic) bond motifs is 5. The van der Waals surface area contributed by atoms with E-state index < -0.39 is 0 Å². The molecule has 4 atom stereocenters. The Morgan fingerprint density at radius 1 is 1.28 bits per heavy atom. The minimum Gasteiger partial charge on any atom is -0.366 e. The number of aromatic nitrogens is 2. The zero-order valence-corrected chi connectivity index (χ0v) is 10.6. The van der Waals surface area contributed by atoms with Gasteiger partial charge in [-0.15, -0.1) is 0 Å². The number of anilines is 1. The largest absolute Gasteiger partial charge is 0.366 e. The summed E-state index contributed by atoms with van der Waals surface area (Å²) in [6.07, 6.45) is 6.32. The third-order valence-corrected chi connectivity index (χ3v) is 5.29. The lowest BCUT2D eigenvalue weighted by Crippen LogP contribution is -2.15. The minimum absolute atomic E-state index is 0.233. The van der Waals surface area contributed by atoms with Gasteiger partial charge in [-0.3, -0.25) is 4.79 Å². The van der Waals surface area contributed by atoms with E-state index in [-0.39, 0.29) is 5.15 Å². The SMILES string of the molecule is O=Cc1c(Cl)ncnc1NC1C2C3CCC(C3)C12. The Labute approximate surface area is 110 Å². The van der Waals surface area contributed by atoms with Crippen LogP contribution >= 0.6 is 11.6 Å². The first-order chi connectivity index (χ1) is 8.79. The molecule has 0 aromatic carbocycles. The molecule has 0 spiro atoms. The molecule has 5 heteroatoms. The van der Waals surface area contributed by atoms with E-state index in [1.54, 1.807) is 0 Å². The van der Waals surface area contributed by atoms with Crippen molar-refractivity contribution in [2.24, 2.45) is 23.7 Å². The maximum Gasteiger partial charge on any atom is 0.156 e. The van der Waals surface area contributed by atoms with Gasteiger partial charge in [0.1, 0.15) is 17.3 Å². The molecule has 18 heavy (non-hydrogen) atoms. The zero-order chi connectivity index (χ0) is 12.3. The van der Waals surface area contributed by atoms with Crippen LogP contribution < -0.4 is 5.32 Å². The van der Waals surface area contributed by atoms with Crippen molar-refractivity contribution in [3.63, 3.8) is 0 Å². The van der Waals surface area contributed by atoms with Crippen molar-refractivity contribution >= 4 is 23.7 Å². The average Bonchev–Trinajstić information content (AvgIpc) is 2.78. The number of carbonyl (C=O) groups excluding carboxylic acids is 1. The maximum absolute atomic E-state index is 11.0. The molecule has 1 N–H and O–H groups in total. The van der Waals surface area contributed by atoms with Crippen LogP contribution in [0.1, 0.15) is 29.6 Å². The lowest BCUT2D eigenvalue weighted by molar-refractivity contribution is 0.112. The Hall–Kier alpha value is -1.16. The molecule has 0 amide bonds. The number of nitrogens with zero attached hydrogens (tertiary/aromatic N) is 2. The van der Waals surface area contributed by atoms with Gasteiger partial charge in [-0.2, -0.15) is 0 Å². The molecule has 4 nitrogen and oxygen atoms in total. The molecule has 4 rings (SSSR count). The molecular formula is C13H14ClN3O. The molecule has 1 aromatic heterocycles. The molecule has 94 valence electrons. The van der Waals surface area contributed by atoms with E-state index in [1.165, 1.54) is 25.6 Å². The third kappa shape index (κ3) is 1.35. The van der Waals surface area contributed by atoms with E-state index in [2.05, 4.69) is 15.3 Å². The van der Waals surface area contributed by atoms with Crippen molar-refractivity contribution in [3.05, 3.63) is 17.0 Å². The molecule has 3 saturated carbocycles. The Bertz CT molecular complexity index is 505. The quantitative estimate of drug-likeness (QED) is 0.672. The fraction of sp³-hybridized carbons (Fsp3) is 0.615. The van der Waals surface area contributed by atoms with Crippen LogP contribution in [0.4, 0.5) is 5.82 Å². The third-order valence-electron chi connectivity index (χ3n) is 4.99. The van der Waals surface area contributed by atoms with E-state index in [9.17, 15) is 4.79 Å². The first-order valence-electron chi connectivity index (χ1n) is 6.52. The Morgan fingerprint density at radius 3 is 2.67 bits per heavy atom. The summed E-state index contributed by atoms with van der Waals surface area (Å²) in [4.78, 5) is 19.0. The number of nitrogens with one attached hydrogen (secondary N) is 1. The maximum atomic E-state index is 11.0. The summed E-state index contributed by atoms with van der Waals surface area (Å²) in [5, 5.41) is 3.64. The number of carbonyl (C=O) groups is 1. The summed E-state index contributed by atoms with van der Waals surface area (Å²) >= 11 is 5.90. The van der Waals surface area contributed by atoms with Gasteiger partial charge in [0.25, 0.3) is 0 Å². The van der Waals surface area contributed by atoms with E-state index in [1.807, 2.05) is 0 Å².